The van der Waals surface area contributed by atoms with Gasteiger partial charge in [0.2, 0.25) is 11.8 Å². The minimum absolute atomic E-state index is 0.0524. The quantitative estimate of drug-likeness (QED) is 0.728. The van der Waals surface area contributed by atoms with E-state index in [0.29, 0.717) is 18.9 Å². The van der Waals surface area contributed by atoms with Crippen molar-refractivity contribution in [3.8, 4) is 0 Å². The number of imide groups is 2. The number of barbiturate groups is 1. The molecule has 3 heterocycles. The average Bonchev–Trinajstić information content (AvgIpc) is 2.81. The van der Waals surface area contributed by atoms with Crippen molar-refractivity contribution in [2.75, 3.05) is 13.1 Å². The van der Waals surface area contributed by atoms with Gasteiger partial charge in [-0.25, -0.2) is 4.79 Å². The second-order valence-electron chi connectivity index (χ2n) is 6.83. The van der Waals surface area contributed by atoms with Crippen LogP contribution in [0.5, 0.6) is 0 Å². The van der Waals surface area contributed by atoms with Crippen molar-refractivity contribution in [2.45, 2.75) is 57.0 Å². The number of carbonyl (C=O) groups is 3. The van der Waals surface area contributed by atoms with Crippen molar-refractivity contribution in [1.29, 1.82) is 0 Å². The molecule has 6 nitrogen and oxygen atoms in total. The molecule has 4 fully saturated rings. The van der Waals surface area contributed by atoms with Crippen molar-refractivity contribution >= 4 is 17.8 Å². The maximum Gasteiger partial charge on any atom is 0.331 e. The molecule has 2 atom stereocenters. The first-order valence-corrected chi connectivity index (χ1v) is 8.07. The second kappa shape index (κ2) is 4.53. The number of nitrogens with one attached hydrogen (secondary N) is 1. The lowest BCUT2D eigenvalue weighted by Gasteiger charge is -2.47. The molecule has 4 rings (SSSR count). The molecule has 2 unspecified atom stereocenters. The van der Waals surface area contributed by atoms with Gasteiger partial charge in [-0.05, 0) is 38.6 Å². The first kappa shape index (κ1) is 13.2. The smallest absolute Gasteiger partial charge is 0.298 e. The van der Waals surface area contributed by atoms with E-state index in [-0.39, 0.29) is 17.9 Å². The molecule has 1 spiro atoms. The maximum absolute atomic E-state index is 12.8. The van der Waals surface area contributed by atoms with Crippen LogP contribution in [-0.2, 0) is 9.59 Å². The highest BCUT2D eigenvalue weighted by Gasteiger charge is 2.59. The zero-order valence-electron chi connectivity index (χ0n) is 12.1. The molecule has 4 amide bonds. The third kappa shape index (κ3) is 1.71. The molecular formula is C15H21N3O3. The highest BCUT2D eigenvalue weighted by molar-refractivity contribution is 6.19. The lowest BCUT2D eigenvalue weighted by Crippen LogP contribution is -2.69. The molecule has 3 saturated heterocycles. The van der Waals surface area contributed by atoms with Crippen LogP contribution in [0.3, 0.4) is 0 Å². The summed E-state index contributed by atoms with van der Waals surface area (Å²) in [7, 11) is 0. The number of urea groups is 1. The Balaban J connectivity index is 1.63. The Hall–Kier alpha value is -1.43. The van der Waals surface area contributed by atoms with Gasteiger partial charge in [0.1, 0.15) is 5.41 Å². The fraction of sp³-hybridized carbons (Fsp3) is 0.800. The Morgan fingerprint density at radius 1 is 0.952 bits per heavy atom. The van der Waals surface area contributed by atoms with Gasteiger partial charge in [0.25, 0.3) is 0 Å². The summed E-state index contributed by atoms with van der Waals surface area (Å²) in [5, 5.41) is 2.43. The first-order valence-electron chi connectivity index (χ1n) is 8.07. The maximum atomic E-state index is 12.8. The molecule has 6 heteroatoms. The standard InChI is InChI=1S/C15H21N3O3/c19-12-15(6-3-7-15)13(20)18(14(21)16-12)11-5-9-17-8-2-1-4-10(11)17/h10-11H,1-9H2,(H,16,19,21). The van der Waals surface area contributed by atoms with Gasteiger partial charge >= 0.3 is 6.03 Å². The van der Waals surface area contributed by atoms with Gasteiger partial charge in [-0.2, -0.15) is 0 Å². The van der Waals surface area contributed by atoms with Crippen molar-refractivity contribution < 1.29 is 14.4 Å². The molecule has 0 aromatic rings. The number of hydrogen-bond acceptors (Lipinski definition) is 4. The lowest BCUT2D eigenvalue weighted by atomic mass is 9.66. The molecule has 21 heavy (non-hydrogen) atoms. The second-order valence-corrected chi connectivity index (χ2v) is 6.83. The van der Waals surface area contributed by atoms with Crippen molar-refractivity contribution in [2.24, 2.45) is 5.41 Å². The fourth-order valence-electron chi connectivity index (χ4n) is 4.49. The molecule has 0 radical (unpaired) electrons. The van der Waals surface area contributed by atoms with Gasteiger partial charge in [-0.3, -0.25) is 24.7 Å². The van der Waals surface area contributed by atoms with Crippen LogP contribution in [0.4, 0.5) is 4.79 Å². The normalized spacial score (nSPS) is 35.6. The lowest BCUT2D eigenvalue weighted by molar-refractivity contribution is -0.159. The highest BCUT2D eigenvalue weighted by Crippen LogP contribution is 2.46. The largest absolute Gasteiger partial charge is 0.331 e. The number of amides is 4. The summed E-state index contributed by atoms with van der Waals surface area (Å²) in [6.07, 6.45) is 6.31. The molecule has 0 bridgehead atoms. The van der Waals surface area contributed by atoms with Crippen LogP contribution in [0.15, 0.2) is 0 Å². The van der Waals surface area contributed by atoms with Crippen LogP contribution < -0.4 is 5.32 Å². The third-order valence-corrected chi connectivity index (χ3v) is 5.86. The van der Waals surface area contributed by atoms with Crippen molar-refractivity contribution in [3.63, 3.8) is 0 Å². The summed E-state index contributed by atoms with van der Waals surface area (Å²) in [6, 6.07) is -0.262. The van der Waals surface area contributed by atoms with Crippen LogP contribution in [0, 0.1) is 5.41 Å². The molecule has 3 aliphatic heterocycles. The molecule has 4 aliphatic rings. The summed E-state index contributed by atoms with van der Waals surface area (Å²) in [5.74, 6) is -0.613. The molecule has 114 valence electrons. The van der Waals surface area contributed by atoms with E-state index >= 15 is 0 Å². The Kier molecular flexibility index (Phi) is 2.86. The van der Waals surface area contributed by atoms with Gasteiger partial charge < -0.3 is 0 Å². The number of fused-ring (bicyclic) bond motifs is 1. The van der Waals surface area contributed by atoms with E-state index in [0.717, 1.165) is 38.8 Å². The van der Waals surface area contributed by atoms with E-state index < -0.39 is 11.4 Å². The molecule has 0 aromatic carbocycles. The van der Waals surface area contributed by atoms with Crippen molar-refractivity contribution in [1.82, 2.24) is 15.1 Å². The van der Waals surface area contributed by atoms with Gasteiger partial charge in [0.15, 0.2) is 0 Å². The van der Waals surface area contributed by atoms with E-state index in [9.17, 15) is 14.4 Å². The third-order valence-electron chi connectivity index (χ3n) is 5.86. The topological polar surface area (TPSA) is 69.7 Å². The summed E-state index contributed by atoms with van der Waals surface area (Å²) in [4.78, 5) is 41.0. The van der Waals surface area contributed by atoms with Gasteiger partial charge in [0.05, 0.1) is 6.04 Å². The summed E-state index contributed by atoms with van der Waals surface area (Å²) in [5.41, 5.74) is -0.935. The predicted molar refractivity (Wildman–Crippen MR) is 74.3 cm³/mol. The summed E-state index contributed by atoms with van der Waals surface area (Å²) in [6.45, 7) is 2.02. The minimum atomic E-state index is -0.935. The monoisotopic (exact) mass is 291 g/mol. The van der Waals surface area contributed by atoms with E-state index in [2.05, 4.69) is 10.2 Å². The number of piperidine rings is 1. The average molecular weight is 291 g/mol. The summed E-state index contributed by atoms with van der Waals surface area (Å²) >= 11 is 0. The van der Waals surface area contributed by atoms with Crippen LogP contribution in [0.2, 0.25) is 0 Å². The summed E-state index contributed by atoms with van der Waals surface area (Å²) < 4.78 is 0. The molecular weight excluding hydrogens is 270 g/mol. The van der Waals surface area contributed by atoms with E-state index in [1.54, 1.807) is 0 Å². The SMILES string of the molecule is O=C1NC(=O)C2(CCC2)C(=O)N1C1CCN2CCCCC12. The molecule has 1 aliphatic carbocycles. The zero-order valence-corrected chi connectivity index (χ0v) is 12.1. The Morgan fingerprint density at radius 3 is 2.48 bits per heavy atom. The Labute approximate surface area is 123 Å². The van der Waals surface area contributed by atoms with Crippen molar-refractivity contribution in [3.05, 3.63) is 0 Å². The highest BCUT2D eigenvalue weighted by atomic mass is 16.2. The minimum Gasteiger partial charge on any atom is -0.298 e. The van der Waals surface area contributed by atoms with Crippen LogP contribution >= 0.6 is 0 Å². The predicted octanol–water partition coefficient (Wildman–Crippen LogP) is 0.862. The Bertz CT molecular complexity index is 514. The number of nitrogens with zero attached hydrogens (tertiary/aromatic N) is 2. The van der Waals surface area contributed by atoms with Crippen LogP contribution in [-0.4, -0.2) is 52.8 Å². The molecule has 1 N–H and O–H groups in total. The molecule has 0 aromatic heterocycles. The van der Waals surface area contributed by atoms with Gasteiger partial charge in [-0.1, -0.05) is 12.8 Å². The van der Waals surface area contributed by atoms with E-state index in [1.807, 2.05) is 0 Å². The van der Waals surface area contributed by atoms with E-state index in [1.165, 1.54) is 11.3 Å². The fourth-order valence-corrected chi connectivity index (χ4v) is 4.49. The van der Waals surface area contributed by atoms with Crippen LogP contribution in [0.25, 0.3) is 0 Å². The number of carbonyl (C=O) groups excluding carboxylic acids is 3. The number of rotatable bonds is 1. The van der Waals surface area contributed by atoms with E-state index in [4.69, 9.17) is 0 Å². The number of hydrogen-bond donors (Lipinski definition) is 1. The van der Waals surface area contributed by atoms with Gasteiger partial charge in [-0.15, -0.1) is 0 Å². The molecule has 1 saturated carbocycles. The van der Waals surface area contributed by atoms with Crippen LogP contribution in [0.1, 0.15) is 44.9 Å². The van der Waals surface area contributed by atoms with Gasteiger partial charge in [0, 0.05) is 12.6 Å². The first-order chi connectivity index (χ1) is 10.1. The Morgan fingerprint density at radius 2 is 1.76 bits per heavy atom. The zero-order chi connectivity index (χ0) is 14.6.